The summed E-state index contributed by atoms with van der Waals surface area (Å²) < 4.78 is 5.09. The zero-order chi connectivity index (χ0) is 21.6. The lowest BCUT2D eigenvalue weighted by atomic mass is 9.77. The first-order valence-electron chi connectivity index (χ1n) is 7.94. The Labute approximate surface area is 160 Å². The van der Waals surface area contributed by atoms with Crippen molar-refractivity contribution in [3.8, 4) is 0 Å². The molecule has 0 unspecified atom stereocenters. The molecule has 0 saturated carbocycles. The molecule has 0 aliphatic rings. The average Bonchev–Trinajstić information content (AvgIpc) is 2.69. The van der Waals surface area contributed by atoms with E-state index in [-0.39, 0.29) is 12.0 Å². The Balaban J connectivity index is 4.31. The SMILES string of the molecule is C=CC(=O)OC(C(=O)C=C)(C(=O)C=C)c1c(CC)ccc(C(=O)O)c1C(=O)O. The maximum absolute atomic E-state index is 12.8. The Hall–Kier alpha value is -3.81. The Morgan fingerprint density at radius 1 is 0.964 bits per heavy atom. The predicted molar refractivity (Wildman–Crippen MR) is 98.1 cm³/mol. The van der Waals surface area contributed by atoms with Gasteiger partial charge in [-0.25, -0.2) is 14.4 Å². The van der Waals surface area contributed by atoms with Crippen LogP contribution in [-0.2, 0) is 31.1 Å². The van der Waals surface area contributed by atoms with Gasteiger partial charge in [-0.05, 0) is 30.2 Å². The first kappa shape index (κ1) is 22.2. The molecule has 1 aromatic carbocycles. The van der Waals surface area contributed by atoms with Crippen LogP contribution >= 0.6 is 0 Å². The second-order valence-electron chi connectivity index (χ2n) is 5.43. The number of rotatable bonds is 10. The van der Waals surface area contributed by atoms with Crippen molar-refractivity contribution in [1.29, 1.82) is 0 Å². The molecule has 0 heterocycles. The summed E-state index contributed by atoms with van der Waals surface area (Å²) in [4.78, 5) is 61.0. The number of carbonyl (C=O) groups is 5. The van der Waals surface area contributed by atoms with E-state index in [1.807, 2.05) is 0 Å². The van der Waals surface area contributed by atoms with Crippen molar-refractivity contribution in [1.82, 2.24) is 0 Å². The zero-order valence-electron chi connectivity index (χ0n) is 15.1. The summed E-state index contributed by atoms with van der Waals surface area (Å²) in [5, 5.41) is 19.1. The third-order valence-electron chi connectivity index (χ3n) is 3.95. The van der Waals surface area contributed by atoms with Crippen LogP contribution in [0.1, 0.15) is 38.8 Å². The maximum Gasteiger partial charge on any atom is 0.337 e. The summed E-state index contributed by atoms with van der Waals surface area (Å²) in [7, 11) is 0. The molecule has 0 aliphatic carbocycles. The van der Waals surface area contributed by atoms with Gasteiger partial charge in [0.1, 0.15) is 0 Å². The topological polar surface area (TPSA) is 135 Å². The van der Waals surface area contributed by atoms with Crippen molar-refractivity contribution in [2.24, 2.45) is 0 Å². The number of hydrogen-bond donors (Lipinski definition) is 2. The third kappa shape index (κ3) is 3.66. The number of ketones is 2. The van der Waals surface area contributed by atoms with E-state index in [1.54, 1.807) is 6.92 Å². The molecule has 0 saturated heterocycles. The van der Waals surface area contributed by atoms with E-state index in [0.29, 0.717) is 18.2 Å². The van der Waals surface area contributed by atoms with E-state index in [1.165, 1.54) is 6.07 Å². The average molecular weight is 386 g/mol. The number of carbonyl (C=O) groups excluding carboxylic acids is 3. The molecule has 28 heavy (non-hydrogen) atoms. The lowest BCUT2D eigenvalue weighted by molar-refractivity contribution is -0.167. The van der Waals surface area contributed by atoms with Crippen LogP contribution in [0.15, 0.2) is 50.1 Å². The van der Waals surface area contributed by atoms with E-state index in [4.69, 9.17) is 4.74 Å². The van der Waals surface area contributed by atoms with Gasteiger partial charge in [0.15, 0.2) is 0 Å². The van der Waals surface area contributed by atoms with Gasteiger partial charge in [-0.1, -0.05) is 32.7 Å². The zero-order valence-corrected chi connectivity index (χ0v) is 15.1. The number of aryl methyl sites for hydroxylation is 1. The Morgan fingerprint density at radius 3 is 1.86 bits per heavy atom. The molecule has 0 spiro atoms. The van der Waals surface area contributed by atoms with Gasteiger partial charge in [0, 0.05) is 11.6 Å². The summed E-state index contributed by atoms with van der Waals surface area (Å²) in [6, 6.07) is 2.28. The van der Waals surface area contributed by atoms with Crippen LogP contribution in [0.2, 0.25) is 0 Å². The molecule has 0 bridgehead atoms. The number of hydrogen-bond acceptors (Lipinski definition) is 6. The van der Waals surface area contributed by atoms with Crippen LogP contribution in [0.3, 0.4) is 0 Å². The van der Waals surface area contributed by atoms with E-state index in [9.17, 15) is 34.2 Å². The van der Waals surface area contributed by atoms with Gasteiger partial charge in [0.05, 0.1) is 11.1 Å². The Kier molecular flexibility index (Phi) is 6.92. The summed E-state index contributed by atoms with van der Waals surface area (Å²) in [6.07, 6.45) is 2.12. The number of ether oxygens (including phenoxy) is 1. The predicted octanol–water partition coefficient (Wildman–Crippen LogP) is 2.08. The lowest BCUT2D eigenvalue weighted by Crippen LogP contribution is -2.48. The molecule has 0 radical (unpaired) electrons. The molecular formula is C20H18O8. The minimum atomic E-state index is -2.81. The lowest BCUT2D eigenvalue weighted by Gasteiger charge is -2.32. The van der Waals surface area contributed by atoms with Gasteiger partial charge in [0.2, 0.25) is 11.6 Å². The molecule has 2 N–H and O–H groups in total. The fourth-order valence-electron chi connectivity index (χ4n) is 2.74. The maximum atomic E-state index is 12.8. The first-order valence-corrected chi connectivity index (χ1v) is 7.94. The highest BCUT2D eigenvalue weighted by molar-refractivity contribution is 6.21. The molecule has 8 nitrogen and oxygen atoms in total. The molecule has 0 atom stereocenters. The highest BCUT2D eigenvalue weighted by Crippen LogP contribution is 2.37. The molecule has 8 heteroatoms. The largest absolute Gasteiger partial charge is 0.478 e. The van der Waals surface area contributed by atoms with E-state index < -0.39 is 51.8 Å². The van der Waals surface area contributed by atoms with E-state index >= 15 is 0 Å². The van der Waals surface area contributed by atoms with Gasteiger partial charge in [-0.3, -0.25) is 9.59 Å². The normalized spacial score (nSPS) is 10.5. The van der Waals surface area contributed by atoms with E-state index in [0.717, 1.165) is 6.07 Å². The molecule has 1 rings (SSSR count). The summed E-state index contributed by atoms with van der Waals surface area (Å²) in [5.74, 6) is -6.86. The van der Waals surface area contributed by atoms with Gasteiger partial charge in [0.25, 0.3) is 5.60 Å². The quantitative estimate of drug-likeness (QED) is 0.354. The van der Waals surface area contributed by atoms with Crippen molar-refractivity contribution < 1.29 is 38.9 Å². The minimum absolute atomic E-state index is 0.0950. The van der Waals surface area contributed by atoms with Gasteiger partial charge in [-0.15, -0.1) is 0 Å². The van der Waals surface area contributed by atoms with Gasteiger partial charge in [-0.2, -0.15) is 0 Å². The van der Waals surface area contributed by atoms with Crippen molar-refractivity contribution in [2.75, 3.05) is 0 Å². The van der Waals surface area contributed by atoms with Crippen molar-refractivity contribution in [2.45, 2.75) is 18.9 Å². The molecular weight excluding hydrogens is 368 g/mol. The molecule has 0 fully saturated rings. The summed E-state index contributed by atoms with van der Waals surface area (Å²) in [5.41, 5.74) is -4.79. The van der Waals surface area contributed by atoms with Crippen LogP contribution in [0, 0.1) is 0 Å². The molecule has 0 aromatic heterocycles. The van der Waals surface area contributed by atoms with Crippen LogP contribution in [0.5, 0.6) is 0 Å². The minimum Gasteiger partial charge on any atom is -0.478 e. The van der Waals surface area contributed by atoms with Crippen LogP contribution in [0.25, 0.3) is 0 Å². The standard InChI is InChI=1S/C20H18O8/c1-5-11-9-10-12(18(24)25)16(19(26)27)17(11)20(13(21)6-2,14(22)7-3)28-15(23)8-4/h6-10H,2-5H2,1H3,(H,24,25)(H,26,27). The number of aromatic carboxylic acids is 2. The second-order valence-corrected chi connectivity index (χ2v) is 5.43. The van der Waals surface area contributed by atoms with Crippen molar-refractivity contribution in [3.63, 3.8) is 0 Å². The third-order valence-corrected chi connectivity index (χ3v) is 3.95. The molecule has 146 valence electrons. The molecule has 0 amide bonds. The number of carboxylic acids is 2. The highest BCUT2D eigenvalue weighted by atomic mass is 16.6. The number of carboxylic acid groups (broad SMARTS) is 2. The van der Waals surface area contributed by atoms with Crippen molar-refractivity contribution >= 4 is 29.5 Å². The molecule has 1 aromatic rings. The molecule has 0 aliphatic heterocycles. The summed E-state index contributed by atoms with van der Waals surface area (Å²) >= 11 is 0. The first-order chi connectivity index (χ1) is 13.1. The van der Waals surface area contributed by atoms with Gasteiger partial charge < -0.3 is 14.9 Å². The fraction of sp³-hybridized carbons (Fsp3) is 0.150. The van der Waals surface area contributed by atoms with Crippen LogP contribution < -0.4 is 0 Å². The second kappa shape index (κ2) is 8.72. The van der Waals surface area contributed by atoms with Crippen molar-refractivity contribution in [3.05, 3.63) is 72.4 Å². The highest BCUT2D eigenvalue weighted by Gasteiger charge is 2.52. The van der Waals surface area contributed by atoms with Crippen LogP contribution in [-0.4, -0.2) is 39.7 Å². The fourth-order valence-corrected chi connectivity index (χ4v) is 2.74. The number of esters is 1. The van der Waals surface area contributed by atoms with Gasteiger partial charge >= 0.3 is 17.9 Å². The Bertz CT molecular complexity index is 887. The number of benzene rings is 1. The summed E-state index contributed by atoms with van der Waals surface area (Å²) in [6.45, 7) is 11.3. The van der Waals surface area contributed by atoms with E-state index in [2.05, 4.69) is 19.7 Å². The smallest absolute Gasteiger partial charge is 0.337 e. The monoisotopic (exact) mass is 386 g/mol. The Morgan fingerprint density at radius 2 is 1.50 bits per heavy atom. The van der Waals surface area contributed by atoms with Crippen LogP contribution in [0.4, 0.5) is 0 Å².